The van der Waals surface area contributed by atoms with Gasteiger partial charge in [0.25, 0.3) is 0 Å². The fraction of sp³-hybridized carbons (Fsp3) is 1.00. The van der Waals surface area contributed by atoms with E-state index < -0.39 is 5.96 Å². The number of hydrogen-bond acceptors (Lipinski definition) is 0. The standard InChI is InChI=1S/C23H50ClP/c1-5-9-13-14-15-19-23-25(24,20-16-10-6-2,21-17-11-7-3)22-18-12-8-4/h5-23H2,1-4H3. The van der Waals surface area contributed by atoms with Gasteiger partial charge in [-0.1, -0.05) is 0 Å². The SMILES string of the molecule is CCCCCCCCP(Cl)(CCCCC)(CCCCC)CCCCC. The third-order valence-electron chi connectivity index (χ3n) is 6.03. The van der Waals surface area contributed by atoms with E-state index in [1.54, 1.807) is 0 Å². The van der Waals surface area contributed by atoms with Crippen LogP contribution in [0.25, 0.3) is 0 Å². The predicted octanol–water partition coefficient (Wildman–Crippen LogP) is 9.62. The van der Waals surface area contributed by atoms with Crippen molar-refractivity contribution >= 4 is 17.2 Å². The number of unbranched alkanes of at least 4 members (excludes halogenated alkanes) is 11. The first kappa shape index (κ1) is 25.7. The van der Waals surface area contributed by atoms with Crippen LogP contribution in [0.15, 0.2) is 0 Å². The van der Waals surface area contributed by atoms with Gasteiger partial charge in [-0.3, -0.25) is 0 Å². The summed E-state index contributed by atoms with van der Waals surface area (Å²) in [4.78, 5) is 0. The first-order valence-corrected chi connectivity index (χ1v) is 15.6. The molecule has 0 aliphatic heterocycles. The molecule has 0 nitrogen and oxygen atoms in total. The molecule has 0 bridgehead atoms. The summed E-state index contributed by atoms with van der Waals surface area (Å²) in [6.45, 7) is 9.28. The van der Waals surface area contributed by atoms with E-state index in [0.717, 1.165) is 0 Å². The zero-order valence-electron chi connectivity index (χ0n) is 18.3. The van der Waals surface area contributed by atoms with Crippen molar-refractivity contribution in [2.24, 2.45) is 0 Å². The van der Waals surface area contributed by atoms with Crippen molar-refractivity contribution < 1.29 is 0 Å². The van der Waals surface area contributed by atoms with Crippen LogP contribution in [0, 0.1) is 0 Å². The molecule has 0 heterocycles. The van der Waals surface area contributed by atoms with Crippen LogP contribution in [0.2, 0.25) is 0 Å². The molecular weight excluding hydrogens is 343 g/mol. The Hall–Kier alpha value is 0.720. The van der Waals surface area contributed by atoms with Crippen molar-refractivity contribution in [3.05, 3.63) is 0 Å². The van der Waals surface area contributed by atoms with Crippen molar-refractivity contribution in [3.8, 4) is 0 Å². The zero-order chi connectivity index (χ0) is 18.9. The van der Waals surface area contributed by atoms with E-state index in [-0.39, 0.29) is 0 Å². The summed E-state index contributed by atoms with van der Waals surface area (Å²) in [6.07, 6.45) is 26.2. The molecule has 0 saturated carbocycles. The molecule has 2 heteroatoms. The van der Waals surface area contributed by atoms with Gasteiger partial charge in [-0.2, -0.15) is 0 Å². The Kier molecular flexibility index (Phi) is 16.2. The van der Waals surface area contributed by atoms with Gasteiger partial charge in [-0.05, 0) is 0 Å². The summed E-state index contributed by atoms with van der Waals surface area (Å²) in [5.41, 5.74) is 0. The Balaban J connectivity index is 4.80. The molecule has 0 N–H and O–H groups in total. The van der Waals surface area contributed by atoms with E-state index in [0.29, 0.717) is 0 Å². The third-order valence-corrected chi connectivity index (χ3v) is 13.8. The maximum atomic E-state index is 7.78. The van der Waals surface area contributed by atoms with E-state index in [1.165, 1.54) is 121 Å². The van der Waals surface area contributed by atoms with Gasteiger partial charge in [0.2, 0.25) is 0 Å². The second-order valence-electron chi connectivity index (χ2n) is 8.60. The van der Waals surface area contributed by atoms with Gasteiger partial charge >= 0.3 is 166 Å². The molecule has 0 aromatic heterocycles. The van der Waals surface area contributed by atoms with Crippen molar-refractivity contribution in [1.82, 2.24) is 0 Å². The van der Waals surface area contributed by atoms with E-state index >= 15 is 0 Å². The number of halogens is 1. The molecule has 0 aliphatic rings. The topological polar surface area (TPSA) is 0 Å². The van der Waals surface area contributed by atoms with Crippen molar-refractivity contribution in [2.75, 3.05) is 24.6 Å². The van der Waals surface area contributed by atoms with Gasteiger partial charge in [0.1, 0.15) is 0 Å². The van der Waals surface area contributed by atoms with Gasteiger partial charge in [0, 0.05) is 0 Å². The quantitative estimate of drug-likeness (QED) is 0.151. The summed E-state index contributed by atoms with van der Waals surface area (Å²) in [5, 5.41) is 0. The second kappa shape index (κ2) is 15.7. The summed E-state index contributed by atoms with van der Waals surface area (Å²) < 4.78 is 0. The zero-order valence-corrected chi connectivity index (χ0v) is 19.9. The molecule has 0 atom stereocenters. The fourth-order valence-corrected chi connectivity index (χ4v) is 11.1. The molecule has 0 aliphatic carbocycles. The van der Waals surface area contributed by atoms with Crippen LogP contribution in [0.5, 0.6) is 0 Å². The van der Waals surface area contributed by atoms with Crippen LogP contribution in [0.1, 0.15) is 124 Å². The molecular formula is C23H50ClP. The first-order chi connectivity index (χ1) is 12.0. The van der Waals surface area contributed by atoms with E-state index in [9.17, 15) is 0 Å². The van der Waals surface area contributed by atoms with Crippen molar-refractivity contribution in [3.63, 3.8) is 0 Å². The van der Waals surface area contributed by atoms with Gasteiger partial charge in [0.05, 0.1) is 0 Å². The van der Waals surface area contributed by atoms with Gasteiger partial charge in [-0.15, -0.1) is 0 Å². The molecule has 0 amide bonds. The Morgan fingerprint density at radius 1 is 0.400 bits per heavy atom. The van der Waals surface area contributed by atoms with Crippen molar-refractivity contribution in [2.45, 2.75) is 124 Å². The minimum atomic E-state index is -1.99. The summed E-state index contributed by atoms with van der Waals surface area (Å²) in [6, 6.07) is 0. The third kappa shape index (κ3) is 12.7. The molecule has 0 aromatic carbocycles. The molecule has 0 rings (SSSR count). The molecule has 0 fully saturated rings. The molecule has 25 heavy (non-hydrogen) atoms. The average Bonchev–Trinajstić information content (AvgIpc) is 2.59. The molecule has 0 unspecified atom stereocenters. The van der Waals surface area contributed by atoms with Crippen LogP contribution in [0.4, 0.5) is 0 Å². The molecule has 0 saturated heterocycles. The minimum absolute atomic E-state index is 1.32. The predicted molar refractivity (Wildman–Crippen MR) is 124 cm³/mol. The molecule has 154 valence electrons. The van der Waals surface area contributed by atoms with E-state index in [1.807, 2.05) is 0 Å². The molecule has 0 radical (unpaired) electrons. The Morgan fingerprint density at radius 3 is 1.00 bits per heavy atom. The maximum absolute atomic E-state index is 7.78. The number of rotatable bonds is 19. The van der Waals surface area contributed by atoms with Crippen LogP contribution in [-0.4, -0.2) is 24.6 Å². The number of hydrogen-bond donors (Lipinski definition) is 0. The van der Waals surface area contributed by atoms with E-state index in [2.05, 4.69) is 27.7 Å². The van der Waals surface area contributed by atoms with Crippen LogP contribution >= 0.6 is 17.2 Å². The first-order valence-electron chi connectivity index (χ1n) is 11.8. The van der Waals surface area contributed by atoms with Crippen molar-refractivity contribution in [1.29, 1.82) is 0 Å². The van der Waals surface area contributed by atoms with Gasteiger partial charge < -0.3 is 0 Å². The summed E-state index contributed by atoms with van der Waals surface area (Å²) >= 11 is 7.78. The molecule has 0 spiro atoms. The van der Waals surface area contributed by atoms with Crippen LogP contribution in [0.3, 0.4) is 0 Å². The van der Waals surface area contributed by atoms with E-state index in [4.69, 9.17) is 11.2 Å². The summed E-state index contributed by atoms with van der Waals surface area (Å²) in [5.74, 6) is -1.99. The Bertz CT molecular complexity index is 261. The Morgan fingerprint density at radius 2 is 0.640 bits per heavy atom. The summed E-state index contributed by atoms with van der Waals surface area (Å²) in [7, 11) is 0. The fourth-order valence-electron chi connectivity index (χ4n) is 4.23. The second-order valence-corrected chi connectivity index (χ2v) is 16.9. The molecule has 0 aromatic rings. The van der Waals surface area contributed by atoms with Crippen LogP contribution in [-0.2, 0) is 0 Å². The van der Waals surface area contributed by atoms with Gasteiger partial charge in [-0.25, -0.2) is 0 Å². The van der Waals surface area contributed by atoms with Crippen LogP contribution < -0.4 is 0 Å². The average molecular weight is 393 g/mol. The van der Waals surface area contributed by atoms with Gasteiger partial charge in [0.15, 0.2) is 0 Å². The monoisotopic (exact) mass is 392 g/mol. The Labute approximate surface area is 166 Å². The normalized spacial score (nSPS) is 13.7.